The summed E-state index contributed by atoms with van der Waals surface area (Å²) >= 11 is 0. The van der Waals surface area contributed by atoms with Gasteiger partial charge in [-0.05, 0) is 52.5 Å². The molecule has 2 unspecified atom stereocenters. The highest BCUT2D eigenvalue weighted by molar-refractivity contribution is 5.17. The molecule has 0 aliphatic carbocycles. The van der Waals surface area contributed by atoms with E-state index in [1.54, 1.807) is 0 Å². The fourth-order valence-electron chi connectivity index (χ4n) is 4.37. The van der Waals surface area contributed by atoms with Crippen LogP contribution in [0.3, 0.4) is 0 Å². The van der Waals surface area contributed by atoms with Gasteiger partial charge in [0.25, 0.3) is 0 Å². The van der Waals surface area contributed by atoms with Crippen molar-refractivity contribution in [2.45, 2.75) is 83.3 Å². The van der Waals surface area contributed by atoms with E-state index in [1.165, 1.54) is 0 Å². The number of rotatable bonds is 7. The lowest BCUT2D eigenvalue weighted by Crippen LogP contribution is -2.63. The zero-order valence-corrected chi connectivity index (χ0v) is 16.4. The van der Waals surface area contributed by atoms with Crippen LogP contribution in [0.4, 0.5) is 0 Å². The van der Waals surface area contributed by atoms with Gasteiger partial charge in [-0.15, -0.1) is 0 Å². The molecular formula is C21H35NO3. The minimum absolute atomic E-state index is 0.0139. The molecule has 2 rings (SSSR count). The molecule has 1 heterocycles. The number of nitrogens with zero attached hydrogens (tertiary/aromatic N) is 1. The standard InChI is InChI=1S/C21H35NO3/c1-6-19(16-10-8-7-9-11-16)25-15-18(24)14-22-20(2,3)12-17(23)13-21(22,4)5/h7-11,17-19,23-24H,6,12-15H2,1-5H3. The van der Waals surface area contributed by atoms with Gasteiger partial charge in [0, 0.05) is 17.6 Å². The van der Waals surface area contributed by atoms with Crippen molar-refractivity contribution >= 4 is 0 Å². The summed E-state index contributed by atoms with van der Waals surface area (Å²) in [4.78, 5) is 2.32. The molecule has 4 nitrogen and oxygen atoms in total. The van der Waals surface area contributed by atoms with Gasteiger partial charge < -0.3 is 14.9 Å². The Morgan fingerprint density at radius 1 is 1.12 bits per heavy atom. The third-order valence-corrected chi connectivity index (χ3v) is 5.36. The van der Waals surface area contributed by atoms with Gasteiger partial charge in [-0.1, -0.05) is 37.3 Å². The molecule has 1 fully saturated rings. The Bertz CT molecular complexity index is 511. The van der Waals surface area contributed by atoms with Crippen LogP contribution in [0.25, 0.3) is 0 Å². The van der Waals surface area contributed by atoms with Gasteiger partial charge in [-0.3, -0.25) is 4.90 Å². The minimum Gasteiger partial charge on any atom is -0.393 e. The highest BCUT2D eigenvalue weighted by atomic mass is 16.5. The molecule has 0 bridgehead atoms. The summed E-state index contributed by atoms with van der Waals surface area (Å²) in [5.41, 5.74) is 0.858. The predicted molar refractivity (Wildman–Crippen MR) is 102 cm³/mol. The highest BCUT2D eigenvalue weighted by Crippen LogP contribution is 2.38. The van der Waals surface area contributed by atoms with E-state index >= 15 is 0 Å². The fourth-order valence-corrected chi connectivity index (χ4v) is 4.37. The van der Waals surface area contributed by atoms with Crippen LogP contribution < -0.4 is 0 Å². The van der Waals surface area contributed by atoms with E-state index in [9.17, 15) is 10.2 Å². The number of aliphatic hydroxyl groups is 2. The van der Waals surface area contributed by atoms with Crippen molar-refractivity contribution in [2.24, 2.45) is 0 Å². The number of benzene rings is 1. The van der Waals surface area contributed by atoms with Crippen LogP contribution in [0, 0.1) is 0 Å². The van der Waals surface area contributed by atoms with Gasteiger partial charge in [0.1, 0.15) is 0 Å². The lowest BCUT2D eigenvalue weighted by molar-refractivity contribution is -0.109. The summed E-state index contributed by atoms with van der Waals surface area (Å²) in [6.07, 6.45) is 1.52. The van der Waals surface area contributed by atoms with Gasteiger partial charge in [0.2, 0.25) is 0 Å². The van der Waals surface area contributed by atoms with E-state index < -0.39 is 6.10 Å². The molecule has 1 aromatic carbocycles. The molecule has 1 aliphatic heterocycles. The van der Waals surface area contributed by atoms with E-state index in [1.807, 2.05) is 18.2 Å². The van der Waals surface area contributed by atoms with Gasteiger partial charge >= 0.3 is 0 Å². The van der Waals surface area contributed by atoms with E-state index in [4.69, 9.17) is 4.74 Å². The average Bonchev–Trinajstić information content (AvgIpc) is 2.51. The molecule has 4 heteroatoms. The lowest BCUT2D eigenvalue weighted by atomic mass is 9.78. The predicted octanol–water partition coefficient (Wildman–Crippen LogP) is 3.53. The third kappa shape index (κ3) is 5.27. The van der Waals surface area contributed by atoms with E-state index in [2.05, 4.69) is 51.7 Å². The molecule has 0 amide bonds. The molecule has 2 N–H and O–H groups in total. The van der Waals surface area contributed by atoms with Crippen LogP contribution >= 0.6 is 0 Å². The van der Waals surface area contributed by atoms with Crippen molar-refractivity contribution in [3.8, 4) is 0 Å². The number of hydrogen-bond donors (Lipinski definition) is 2. The lowest BCUT2D eigenvalue weighted by Gasteiger charge is -2.55. The second kappa shape index (κ2) is 8.17. The van der Waals surface area contributed by atoms with E-state index in [-0.39, 0.29) is 23.3 Å². The summed E-state index contributed by atoms with van der Waals surface area (Å²) < 4.78 is 6.01. The summed E-state index contributed by atoms with van der Waals surface area (Å²) in [6, 6.07) is 10.2. The highest BCUT2D eigenvalue weighted by Gasteiger charge is 2.45. The first-order valence-electron chi connectivity index (χ1n) is 9.46. The normalized spacial score (nSPS) is 23.3. The molecular weight excluding hydrogens is 314 g/mol. The largest absolute Gasteiger partial charge is 0.393 e. The first kappa shape index (κ1) is 20.4. The molecule has 1 aromatic rings. The van der Waals surface area contributed by atoms with Crippen LogP contribution in [0.1, 0.15) is 65.5 Å². The number of aliphatic hydroxyl groups excluding tert-OH is 2. The van der Waals surface area contributed by atoms with Crippen molar-refractivity contribution in [3.05, 3.63) is 35.9 Å². The summed E-state index contributed by atoms with van der Waals surface area (Å²) in [6.45, 7) is 11.5. The van der Waals surface area contributed by atoms with Gasteiger partial charge in [0.05, 0.1) is 24.9 Å². The molecule has 2 atom stereocenters. The zero-order chi connectivity index (χ0) is 18.7. The molecule has 1 saturated heterocycles. The second-order valence-corrected chi connectivity index (χ2v) is 8.59. The van der Waals surface area contributed by atoms with Crippen LogP contribution in [-0.4, -0.2) is 51.6 Å². The molecule has 0 radical (unpaired) electrons. The number of hydrogen-bond acceptors (Lipinski definition) is 4. The molecule has 142 valence electrons. The number of β-amino-alcohol motifs (C(OH)–C–C–N with tert-alkyl or cyclic N) is 1. The summed E-state index contributed by atoms with van der Waals surface area (Å²) in [5, 5.41) is 20.7. The van der Waals surface area contributed by atoms with E-state index in [0.29, 0.717) is 13.2 Å². The van der Waals surface area contributed by atoms with Crippen LogP contribution in [0.2, 0.25) is 0 Å². The van der Waals surface area contributed by atoms with Crippen molar-refractivity contribution in [3.63, 3.8) is 0 Å². The Hall–Kier alpha value is -0.940. The van der Waals surface area contributed by atoms with Crippen LogP contribution in [0.5, 0.6) is 0 Å². The first-order chi connectivity index (χ1) is 11.7. The molecule has 0 saturated carbocycles. The van der Waals surface area contributed by atoms with Crippen molar-refractivity contribution in [1.29, 1.82) is 0 Å². The van der Waals surface area contributed by atoms with Gasteiger partial charge in [-0.25, -0.2) is 0 Å². The Balaban J connectivity index is 1.95. The molecule has 25 heavy (non-hydrogen) atoms. The van der Waals surface area contributed by atoms with Crippen molar-refractivity contribution in [1.82, 2.24) is 4.90 Å². The Morgan fingerprint density at radius 2 is 1.68 bits per heavy atom. The topological polar surface area (TPSA) is 52.9 Å². The SMILES string of the molecule is CCC(OCC(O)CN1C(C)(C)CC(O)CC1(C)C)c1ccccc1. The van der Waals surface area contributed by atoms with Gasteiger partial charge in [0.15, 0.2) is 0 Å². The third-order valence-electron chi connectivity index (χ3n) is 5.36. The Kier molecular flexibility index (Phi) is 6.66. The molecule has 0 aromatic heterocycles. The van der Waals surface area contributed by atoms with Crippen LogP contribution in [-0.2, 0) is 4.74 Å². The zero-order valence-electron chi connectivity index (χ0n) is 16.4. The first-order valence-corrected chi connectivity index (χ1v) is 9.46. The Morgan fingerprint density at radius 3 is 2.20 bits per heavy atom. The quantitative estimate of drug-likeness (QED) is 0.791. The minimum atomic E-state index is -0.549. The van der Waals surface area contributed by atoms with Gasteiger partial charge in [-0.2, -0.15) is 0 Å². The number of ether oxygens (including phenoxy) is 1. The number of likely N-dealkylation sites (tertiary alicyclic amines) is 1. The maximum absolute atomic E-state index is 10.6. The smallest absolute Gasteiger partial charge is 0.0900 e. The maximum atomic E-state index is 10.6. The van der Waals surface area contributed by atoms with Crippen molar-refractivity contribution < 1.29 is 14.9 Å². The summed E-state index contributed by atoms with van der Waals surface area (Å²) in [7, 11) is 0. The van der Waals surface area contributed by atoms with Crippen molar-refractivity contribution in [2.75, 3.05) is 13.2 Å². The van der Waals surface area contributed by atoms with Crippen LogP contribution in [0.15, 0.2) is 30.3 Å². The molecule has 0 spiro atoms. The maximum Gasteiger partial charge on any atom is 0.0900 e. The fraction of sp³-hybridized carbons (Fsp3) is 0.714. The average molecular weight is 350 g/mol. The second-order valence-electron chi connectivity index (χ2n) is 8.59. The number of piperidine rings is 1. The molecule has 1 aliphatic rings. The Labute approximate surface area is 152 Å². The van der Waals surface area contributed by atoms with E-state index in [0.717, 1.165) is 24.8 Å². The monoisotopic (exact) mass is 349 g/mol. The summed E-state index contributed by atoms with van der Waals surface area (Å²) in [5.74, 6) is 0.